The SMILES string of the molecule is CCCN(CCN)c1nccc(C)c1Br. The van der Waals surface area contributed by atoms with Crippen LogP contribution in [-0.2, 0) is 0 Å². The summed E-state index contributed by atoms with van der Waals surface area (Å²) in [5, 5.41) is 0. The molecule has 0 aliphatic heterocycles. The van der Waals surface area contributed by atoms with Gasteiger partial charge in [-0.3, -0.25) is 0 Å². The van der Waals surface area contributed by atoms with E-state index in [2.05, 4.69) is 39.7 Å². The lowest BCUT2D eigenvalue weighted by atomic mass is 10.3. The first-order valence-electron chi connectivity index (χ1n) is 5.26. The number of rotatable bonds is 5. The van der Waals surface area contributed by atoms with E-state index in [1.54, 1.807) is 0 Å². The zero-order valence-corrected chi connectivity index (χ0v) is 10.9. The average Bonchev–Trinajstić information content (AvgIpc) is 2.22. The third-order valence-electron chi connectivity index (χ3n) is 2.26. The molecule has 0 fully saturated rings. The van der Waals surface area contributed by atoms with Crippen molar-refractivity contribution in [1.82, 2.24) is 4.98 Å². The number of hydrogen-bond acceptors (Lipinski definition) is 3. The predicted molar refractivity (Wildman–Crippen MR) is 68.2 cm³/mol. The molecule has 1 aromatic heterocycles. The molecule has 0 amide bonds. The van der Waals surface area contributed by atoms with Crippen molar-refractivity contribution in [2.24, 2.45) is 5.73 Å². The van der Waals surface area contributed by atoms with Gasteiger partial charge in [-0.1, -0.05) is 6.92 Å². The number of hydrogen-bond donors (Lipinski definition) is 1. The zero-order chi connectivity index (χ0) is 11.3. The van der Waals surface area contributed by atoms with Crippen LogP contribution in [0.4, 0.5) is 5.82 Å². The maximum Gasteiger partial charge on any atom is 0.143 e. The second-order valence-corrected chi connectivity index (χ2v) is 4.33. The Morgan fingerprint density at radius 2 is 2.20 bits per heavy atom. The monoisotopic (exact) mass is 271 g/mol. The van der Waals surface area contributed by atoms with Crippen LogP contribution >= 0.6 is 15.9 Å². The molecular weight excluding hydrogens is 254 g/mol. The highest BCUT2D eigenvalue weighted by molar-refractivity contribution is 9.10. The summed E-state index contributed by atoms with van der Waals surface area (Å²) in [7, 11) is 0. The smallest absolute Gasteiger partial charge is 0.143 e. The first-order valence-corrected chi connectivity index (χ1v) is 6.06. The molecule has 0 radical (unpaired) electrons. The minimum Gasteiger partial charge on any atom is -0.354 e. The lowest BCUT2D eigenvalue weighted by Crippen LogP contribution is -2.31. The van der Waals surface area contributed by atoms with Crippen LogP contribution in [0.5, 0.6) is 0 Å². The van der Waals surface area contributed by atoms with Crippen molar-refractivity contribution in [3.05, 3.63) is 22.3 Å². The van der Waals surface area contributed by atoms with E-state index in [9.17, 15) is 0 Å². The van der Waals surface area contributed by atoms with Crippen LogP contribution in [0.25, 0.3) is 0 Å². The topological polar surface area (TPSA) is 42.1 Å². The van der Waals surface area contributed by atoms with Crippen LogP contribution in [0.1, 0.15) is 18.9 Å². The summed E-state index contributed by atoms with van der Waals surface area (Å²) in [5.74, 6) is 1.00. The zero-order valence-electron chi connectivity index (χ0n) is 9.33. The molecule has 0 aromatic carbocycles. The minimum absolute atomic E-state index is 0.655. The Hall–Kier alpha value is -0.610. The molecule has 0 spiro atoms. The predicted octanol–water partition coefficient (Wildman–Crippen LogP) is 2.33. The molecule has 0 atom stereocenters. The maximum absolute atomic E-state index is 5.60. The van der Waals surface area contributed by atoms with Crippen molar-refractivity contribution in [3.8, 4) is 0 Å². The second-order valence-electron chi connectivity index (χ2n) is 3.54. The van der Waals surface area contributed by atoms with Gasteiger partial charge in [0, 0.05) is 25.8 Å². The lowest BCUT2D eigenvalue weighted by molar-refractivity contribution is 0.748. The van der Waals surface area contributed by atoms with E-state index in [0.717, 1.165) is 29.8 Å². The van der Waals surface area contributed by atoms with Crippen LogP contribution in [0.3, 0.4) is 0 Å². The molecule has 84 valence electrons. The van der Waals surface area contributed by atoms with Gasteiger partial charge >= 0.3 is 0 Å². The standard InChI is InChI=1S/C11H18BrN3/c1-3-7-15(8-5-13)11-10(12)9(2)4-6-14-11/h4,6H,3,5,7-8,13H2,1-2H3. The largest absolute Gasteiger partial charge is 0.354 e. The third kappa shape index (κ3) is 3.18. The molecule has 0 saturated heterocycles. The number of nitrogens with two attached hydrogens (primary N) is 1. The highest BCUT2D eigenvalue weighted by atomic mass is 79.9. The summed E-state index contributed by atoms with van der Waals surface area (Å²) in [6.07, 6.45) is 2.94. The van der Waals surface area contributed by atoms with Crippen molar-refractivity contribution in [3.63, 3.8) is 0 Å². The molecule has 0 saturated carbocycles. The number of aromatic nitrogens is 1. The average molecular weight is 272 g/mol. The van der Waals surface area contributed by atoms with Crippen LogP contribution in [-0.4, -0.2) is 24.6 Å². The van der Waals surface area contributed by atoms with Gasteiger partial charge < -0.3 is 10.6 Å². The van der Waals surface area contributed by atoms with Crippen molar-refractivity contribution >= 4 is 21.7 Å². The van der Waals surface area contributed by atoms with Gasteiger partial charge in [0.2, 0.25) is 0 Å². The molecule has 15 heavy (non-hydrogen) atoms. The Labute approximate surface area is 99.8 Å². The van der Waals surface area contributed by atoms with Gasteiger partial charge in [0.15, 0.2) is 0 Å². The van der Waals surface area contributed by atoms with Crippen LogP contribution in [0.2, 0.25) is 0 Å². The summed E-state index contributed by atoms with van der Waals surface area (Å²) < 4.78 is 1.08. The number of aryl methyl sites for hydroxylation is 1. The molecular formula is C11H18BrN3. The van der Waals surface area contributed by atoms with Crippen molar-refractivity contribution < 1.29 is 0 Å². The Kier molecular flexibility index (Phi) is 5.05. The number of halogens is 1. The molecule has 1 rings (SSSR count). The lowest BCUT2D eigenvalue weighted by Gasteiger charge is -2.24. The van der Waals surface area contributed by atoms with Crippen molar-refractivity contribution in [2.75, 3.05) is 24.5 Å². The van der Waals surface area contributed by atoms with E-state index in [1.807, 2.05) is 12.3 Å². The first-order chi connectivity index (χ1) is 7.20. The fourth-order valence-corrected chi connectivity index (χ4v) is 1.98. The molecule has 0 aliphatic carbocycles. The van der Waals surface area contributed by atoms with E-state index in [-0.39, 0.29) is 0 Å². The van der Waals surface area contributed by atoms with Crippen LogP contribution in [0, 0.1) is 6.92 Å². The molecule has 0 bridgehead atoms. The van der Waals surface area contributed by atoms with E-state index in [0.29, 0.717) is 6.54 Å². The van der Waals surface area contributed by atoms with Gasteiger partial charge in [-0.05, 0) is 40.9 Å². The van der Waals surface area contributed by atoms with Crippen molar-refractivity contribution in [2.45, 2.75) is 20.3 Å². The van der Waals surface area contributed by atoms with Crippen molar-refractivity contribution in [1.29, 1.82) is 0 Å². The molecule has 2 N–H and O–H groups in total. The molecule has 1 aromatic rings. The summed E-state index contributed by atoms with van der Waals surface area (Å²) in [6.45, 7) is 6.73. The summed E-state index contributed by atoms with van der Waals surface area (Å²) in [4.78, 5) is 6.62. The van der Waals surface area contributed by atoms with Gasteiger partial charge in [-0.25, -0.2) is 4.98 Å². The van der Waals surface area contributed by atoms with Gasteiger partial charge in [0.05, 0.1) is 4.47 Å². The maximum atomic E-state index is 5.60. The van der Waals surface area contributed by atoms with Crippen LogP contribution < -0.4 is 10.6 Å². The molecule has 0 aliphatic rings. The molecule has 1 heterocycles. The molecule has 4 heteroatoms. The van der Waals surface area contributed by atoms with Gasteiger partial charge in [0.1, 0.15) is 5.82 Å². The van der Waals surface area contributed by atoms with E-state index < -0.39 is 0 Å². The van der Waals surface area contributed by atoms with E-state index in [1.165, 1.54) is 5.56 Å². The summed E-state index contributed by atoms with van der Waals surface area (Å²) >= 11 is 3.58. The fourth-order valence-electron chi connectivity index (χ4n) is 1.50. The van der Waals surface area contributed by atoms with Gasteiger partial charge in [-0.15, -0.1) is 0 Å². The number of pyridine rings is 1. The van der Waals surface area contributed by atoms with Gasteiger partial charge in [0.25, 0.3) is 0 Å². The number of anilines is 1. The Balaban J connectivity index is 2.94. The van der Waals surface area contributed by atoms with Gasteiger partial charge in [-0.2, -0.15) is 0 Å². The minimum atomic E-state index is 0.655. The van der Waals surface area contributed by atoms with E-state index >= 15 is 0 Å². The Morgan fingerprint density at radius 3 is 2.80 bits per heavy atom. The van der Waals surface area contributed by atoms with E-state index in [4.69, 9.17) is 5.73 Å². The molecule has 3 nitrogen and oxygen atoms in total. The quantitative estimate of drug-likeness (QED) is 0.894. The highest BCUT2D eigenvalue weighted by Gasteiger charge is 2.11. The highest BCUT2D eigenvalue weighted by Crippen LogP contribution is 2.26. The Morgan fingerprint density at radius 1 is 1.47 bits per heavy atom. The third-order valence-corrected chi connectivity index (χ3v) is 3.24. The first kappa shape index (κ1) is 12.5. The van der Waals surface area contributed by atoms with Crippen LogP contribution in [0.15, 0.2) is 16.7 Å². The second kappa shape index (κ2) is 6.08. The summed E-state index contributed by atoms with van der Waals surface area (Å²) in [6, 6.07) is 2.00. The fraction of sp³-hybridized carbons (Fsp3) is 0.545. The summed E-state index contributed by atoms with van der Waals surface area (Å²) in [5.41, 5.74) is 6.81. The number of nitrogens with zero attached hydrogens (tertiary/aromatic N) is 2. The Bertz CT molecular complexity index is 309. The normalized spacial score (nSPS) is 10.4. The molecule has 0 unspecified atom stereocenters.